The van der Waals surface area contributed by atoms with Gasteiger partial charge in [-0.3, -0.25) is 0 Å². The number of nitrogens with zero attached hydrogens (tertiary/aromatic N) is 1. The summed E-state index contributed by atoms with van der Waals surface area (Å²) in [6.07, 6.45) is 0. The number of anilines is 2. The number of benzene rings is 2. The van der Waals surface area contributed by atoms with Gasteiger partial charge in [0.1, 0.15) is 11.6 Å². The highest BCUT2D eigenvalue weighted by atomic mass is 19.1. The Hall–Kier alpha value is -2.10. The summed E-state index contributed by atoms with van der Waals surface area (Å²) in [5, 5.41) is 0. The molecule has 0 aromatic heterocycles. The highest BCUT2D eigenvalue weighted by molar-refractivity contribution is 5.55. The quantitative estimate of drug-likeness (QED) is 0.854. The van der Waals surface area contributed by atoms with Crippen molar-refractivity contribution < 1.29 is 8.78 Å². The van der Waals surface area contributed by atoms with Crippen LogP contribution in [0.3, 0.4) is 0 Å². The Balaban J connectivity index is 2.33. The van der Waals surface area contributed by atoms with Gasteiger partial charge in [-0.15, -0.1) is 0 Å². The molecule has 0 amide bonds. The first-order valence-electron chi connectivity index (χ1n) is 6.03. The smallest absolute Gasteiger partial charge is 0.148 e. The van der Waals surface area contributed by atoms with Gasteiger partial charge in [-0.25, -0.2) is 8.78 Å². The lowest BCUT2D eigenvalue weighted by Crippen LogP contribution is -2.23. The summed E-state index contributed by atoms with van der Waals surface area (Å²) in [5.74, 6) is -0.705. The molecule has 4 heteroatoms. The predicted molar refractivity (Wildman–Crippen MR) is 74.0 cm³/mol. The fourth-order valence-corrected chi connectivity index (χ4v) is 2.04. The van der Waals surface area contributed by atoms with Crippen molar-refractivity contribution in [2.45, 2.75) is 13.0 Å². The summed E-state index contributed by atoms with van der Waals surface area (Å²) in [5.41, 5.74) is 6.81. The molecule has 2 aromatic rings. The highest BCUT2D eigenvalue weighted by Crippen LogP contribution is 2.29. The maximum Gasteiger partial charge on any atom is 0.148 e. The van der Waals surface area contributed by atoms with Crippen LogP contribution in [-0.2, 0) is 0 Å². The second-order valence-corrected chi connectivity index (χ2v) is 4.52. The predicted octanol–water partition coefficient (Wildman–Crippen LogP) is 3.74. The van der Waals surface area contributed by atoms with Gasteiger partial charge >= 0.3 is 0 Å². The third-order valence-corrected chi connectivity index (χ3v) is 3.29. The van der Waals surface area contributed by atoms with Gasteiger partial charge in [0.2, 0.25) is 0 Å². The van der Waals surface area contributed by atoms with Crippen molar-refractivity contribution in [3.8, 4) is 0 Å². The van der Waals surface area contributed by atoms with E-state index in [0.717, 1.165) is 0 Å². The molecule has 0 saturated heterocycles. The molecule has 0 bridgehead atoms. The molecule has 1 unspecified atom stereocenters. The molecule has 0 fully saturated rings. The van der Waals surface area contributed by atoms with E-state index in [1.54, 1.807) is 42.3 Å². The molecule has 2 rings (SSSR count). The lowest BCUT2D eigenvalue weighted by atomic mass is 10.1. The molecule has 0 saturated carbocycles. The first-order chi connectivity index (χ1) is 9.00. The van der Waals surface area contributed by atoms with Gasteiger partial charge in [0.25, 0.3) is 0 Å². The second-order valence-electron chi connectivity index (χ2n) is 4.52. The molecule has 19 heavy (non-hydrogen) atoms. The van der Waals surface area contributed by atoms with E-state index in [0.29, 0.717) is 16.9 Å². The zero-order valence-corrected chi connectivity index (χ0v) is 10.9. The van der Waals surface area contributed by atoms with Crippen molar-refractivity contribution >= 4 is 11.4 Å². The SMILES string of the molecule is CC(c1ccccc1F)N(C)c1ccc(N)cc1F. The summed E-state index contributed by atoms with van der Waals surface area (Å²) < 4.78 is 27.6. The minimum atomic E-state index is -0.411. The first kappa shape index (κ1) is 13.3. The average Bonchev–Trinajstić information content (AvgIpc) is 2.38. The largest absolute Gasteiger partial charge is 0.399 e. The van der Waals surface area contributed by atoms with Crippen LogP contribution in [0.15, 0.2) is 42.5 Å². The summed E-state index contributed by atoms with van der Waals surface area (Å²) in [4.78, 5) is 1.69. The summed E-state index contributed by atoms with van der Waals surface area (Å²) in [6, 6.07) is 10.7. The van der Waals surface area contributed by atoms with E-state index in [9.17, 15) is 8.78 Å². The molecule has 2 nitrogen and oxygen atoms in total. The van der Waals surface area contributed by atoms with Crippen LogP contribution in [0.4, 0.5) is 20.2 Å². The highest BCUT2D eigenvalue weighted by Gasteiger charge is 2.18. The molecule has 0 aliphatic rings. The Morgan fingerprint density at radius 3 is 2.37 bits per heavy atom. The fourth-order valence-electron chi connectivity index (χ4n) is 2.04. The van der Waals surface area contributed by atoms with Gasteiger partial charge in [0.05, 0.1) is 11.7 Å². The Morgan fingerprint density at radius 1 is 1.05 bits per heavy atom. The van der Waals surface area contributed by atoms with Gasteiger partial charge in [0, 0.05) is 18.3 Å². The van der Waals surface area contributed by atoms with Crippen LogP contribution in [0.1, 0.15) is 18.5 Å². The fraction of sp³-hybridized carbons (Fsp3) is 0.200. The van der Waals surface area contributed by atoms with Crippen LogP contribution < -0.4 is 10.6 Å². The van der Waals surface area contributed by atoms with Gasteiger partial charge in [-0.05, 0) is 31.2 Å². The van der Waals surface area contributed by atoms with Crippen LogP contribution in [0.5, 0.6) is 0 Å². The number of hydrogen-bond acceptors (Lipinski definition) is 2. The van der Waals surface area contributed by atoms with E-state index in [1.807, 2.05) is 6.92 Å². The number of nitrogen functional groups attached to an aromatic ring is 1. The van der Waals surface area contributed by atoms with Crippen molar-refractivity contribution in [2.75, 3.05) is 17.7 Å². The molecule has 0 aliphatic carbocycles. The van der Waals surface area contributed by atoms with Crippen molar-refractivity contribution in [3.63, 3.8) is 0 Å². The Bertz CT molecular complexity index is 584. The molecule has 2 aromatic carbocycles. The summed E-state index contributed by atoms with van der Waals surface area (Å²) in [6.45, 7) is 1.83. The second kappa shape index (κ2) is 5.26. The molecule has 0 heterocycles. The zero-order chi connectivity index (χ0) is 14.0. The molecular formula is C15H16F2N2. The summed E-state index contributed by atoms with van der Waals surface area (Å²) in [7, 11) is 1.73. The molecule has 1 atom stereocenters. The number of rotatable bonds is 3. The van der Waals surface area contributed by atoms with E-state index < -0.39 is 5.82 Å². The van der Waals surface area contributed by atoms with E-state index in [2.05, 4.69) is 0 Å². The Labute approximate surface area is 111 Å². The monoisotopic (exact) mass is 262 g/mol. The number of nitrogens with two attached hydrogens (primary N) is 1. The minimum absolute atomic E-state index is 0.278. The minimum Gasteiger partial charge on any atom is -0.399 e. The van der Waals surface area contributed by atoms with Crippen LogP contribution in [0, 0.1) is 11.6 Å². The van der Waals surface area contributed by atoms with Crippen LogP contribution in [0.25, 0.3) is 0 Å². The molecule has 0 aliphatic heterocycles. The third kappa shape index (κ3) is 2.67. The molecule has 0 radical (unpaired) electrons. The van der Waals surface area contributed by atoms with Gasteiger partial charge in [-0.2, -0.15) is 0 Å². The lowest BCUT2D eigenvalue weighted by Gasteiger charge is -2.28. The van der Waals surface area contributed by atoms with Gasteiger partial charge in [-0.1, -0.05) is 18.2 Å². The van der Waals surface area contributed by atoms with Gasteiger partial charge < -0.3 is 10.6 Å². The van der Waals surface area contributed by atoms with Crippen LogP contribution >= 0.6 is 0 Å². The topological polar surface area (TPSA) is 29.3 Å². The Kier molecular flexibility index (Phi) is 3.69. The first-order valence-corrected chi connectivity index (χ1v) is 6.03. The van der Waals surface area contributed by atoms with Crippen molar-refractivity contribution in [1.82, 2.24) is 0 Å². The van der Waals surface area contributed by atoms with Crippen molar-refractivity contribution in [2.24, 2.45) is 0 Å². The van der Waals surface area contributed by atoms with Crippen molar-refractivity contribution in [1.29, 1.82) is 0 Å². The normalized spacial score (nSPS) is 12.2. The van der Waals surface area contributed by atoms with Crippen LogP contribution in [-0.4, -0.2) is 7.05 Å². The maximum absolute atomic E-state index is 13.9. The zero-order valence-electron chi connectivity index (χ0n) is 10.9. The molecule has 0 spiro atoms. The maximum atomic E-state index is 13.9. The Morgan fingerprint density at radius 2 is 1.74 bits per heavy atom. The summed E-state index contributed by atoms with van der Waals surface area (Å²) >= 11 is 0. The van der Waals surface area contributed by atoms with E-state index in [1.165, 1.54) is 12.1 Å². The van der Waals surface area contributed by atoms with Crippen molar-refractivity contribution in [3.05, 3.63) is 59.7 Å². The molecule has 2 N–H and O–H groups in total. The van der Waals surface area contributed by atoms with E-state index >= 15 is 0 Å². The number of halogens is 2. The third-order valence-electron chi connectivity index (χ3n) is 3.29. The average molecular weight is 262 g/mol. The van der Waals surface area contributed by atoms with E-state index in [-0.39, 0.29) is 11.9 Å². The molecule has 100 valence electrons. The number of hydrogen-bond donors (Lipinski definition) is 1. The lowest BCUT2D eigenvalue weighted by molar-refractivity contribution is 0.575. The van der Waals surface area contributed by atoms with Crippen LogP contribution in [0.2, 0.25) is 0 Å². The molecular weight excluding hydrogens is 246 g/mol. The standard InChI is InChI=1S/C15H16F2N2/c1-10(12-5-3-4-6-13(12)16)19(2)15-8-7-11(18)9-14(15)17/h3-10H,18H2,1-2H3. The van der Waals surface area contributed by atoms with Gasteiger partial charge in [0.15, 0.2) is 0 Å². The van der Waals surface area contributed by atoms with E-state index in [4.69, 9.17) is 5.73 Å².